The average Bonchev–Trinajstić information content (AvgIpc) is 2.94. The third-order valence-electron chi connectivity index (χ3n) is 4.47. The lowest BCUT2D eigenvalue weighted by Gasteiger charge is -2.26. The maximum absolute atomic E-state index is 6.18. The molecule has 2 N–H and O–H groups in total. The SMILES string of the molecule is COC1CCCC1n1ccc2c1CCCC2N. The van der Waals surface area contributed by atoms with Gasteiger partial charge < -0.3 is 15.0 Å². The number of nitrogens with two attached hydrogens (primary N) is 1. The minimum Gasteiger partial charge on any atom is -0.379 e. The van der Waals surface area contributed by atoms with E-state index in [1.54, 1.807) is 0 Å². The molecule has 2 aliphatic carbocycles. The summed E-state index contributed by atoms with van der Waals surface area (Å²) in [5, 5.41) is 0. The quantitative estimate of drug-likeness (QED) is 0.854. The molecule has 94 valence electrons. The minimum atomic E-state index is 0.252. The Labute approximate surface area is 103 Å². The Bertz CT molecular complexity index is 399. The number of fused-ring (bicyclic) bond motifs is 1. The number of nitrogens with zero attached hydrogens (tertiary/aromatic N) is 1. The van der Waals surface area contributed by atoms with Gasteiger partial charge in [0.05, 0.1) is 12.1 Å². The fourth-order valence-electron chi connectivity index (χ4n) is 3.56. The minimum absolute atomic E-state index is 0.252. The van der Waals surface area contributed by atoms with E-state index in [0.717, 1.165) is 6.42 Å². The van der Waals surface area contributed by atoms with Crippen LogP contribution in [-0.4, -0.2) is 17.8 Å². The van der Waals surface area contributed by atoms with Crippen molar-refractivity contribution in [1.29, 1.82) is 0 Å². The summed E-state index contributed by atoms with van der Waals surface area (Å²) in [7, 11) is 1.84. The molecule has 0 spiro atoms. The molecule has 1 aromatic rings. The number of hydrogen-bond acceptors (Lipinski definition) is 2. The lowest BCUT2D eigenvalue weighted by atomic mass is 9.93. The number of methoxy groups -OCH3 is 1. The Hall–Kier alpha value is -0.800. The Morgan fingerprint density at radius 2 is 2.18 bits per heavy atom. The van der Waals surface area contributed by atoms with Crippen LogP contribution in [0.5, 0.6) is 0 Å². The summed E-state index contributed by atoms with van der Waals surface area (Å²) in [6, 6.07) is 3.01. The Morgan fingerprint density at radius 1 is 1.29 bits per heavy atom. The summed E-state index contributed by atoms with van der Waals surface area (Å²) < 4.78 is 8.07. The molecular weight excluding hydrogens is 212 g/mol. The first-order valence-electron chi connectivity index (χ1n) is 6.79. The normalized spacial score (nSPS) is 32.7. The summed E-state index contributed by atoms with van der Waals surface area (Å²) in [6.45, 7) is 0. The van der Waals surface area contributed by atoms with Crippen molar-refractivity contribution in [1.82, 2.24) is 4.57 Å². The van der Waals surface area contributed by atoms with Crippen LogP contribution in [0.25, 0.3) is 0 Å². The van der Waals surface area contributed by atoms with Crippen molar-refractivity contribution in [2.24, 2.45) is 5.73 Å². The van der Waals surface area contributed by atoms with Crippen molar-refractivity contribution < 1.29 is 4.74 Å². The molecule has 3 atom stereocenters. The van der Waals surface area contributed by atoms with Crippen LogP contribution in [0.4, 0.5) is 0 Å². The molecule has 0 bridgehead atoms. The topological polar surface area (TPSA) is 40.2 Å². The fraction of sp³-hybridized carbons (Fsp3) is 0.714. The first kappa shape index (κ1) is 11.3. The number of aromatic nitrogens is 1. The molecule has 3 rings (SSSR count). The van der Waals surface area contributed by atoms with Crippen LogP contribution in [-0.2, 0) is 11.2 Å². The van der Waals surface area contributed by atoms with Gasteiger partial charge in [-0.05, 0) is 50.2 Å². The Balaban J connectivity index is 1.93. The van der Waals surface area contributed by atoms with E-state index in [9.17, 15) is 0 Å². The van der Waals surface area contributed by atoms with Crippen molar-refractivity contribution in [2.75, 3.05) is 7.11 Å². The molecule has 2 aliphatic rings. The van der Waals surface area contributed by atoms with Crippen molar-refractivity contribution in [2.45, 2.75) is 56.7 Å². The molecular formula is C14H22N2O. The molecule has 1 saturated carbocycles. The molecule has 1 heterocycles. The number of hydrogen-bond donors (Lipinski definition) is 1. The molecule has 0 amide bonds. The predicted molar refractivity (Wildman–Crippen MR) is 68.0 cm³/mol. The first-order chi connectivity index (χ1) is 8.31. The van der Waals surface area contributed by atoms with Gasteiger partial charge in [-0.15, -0.1) is 0 Å². The lowest BCUT2D eigenvalue weighted by molar-refractivity contribution is 0.0740. The van der Waals surface area contributed by atoms with E-state index in [-0.39, 0.29) is 6.04 Å². The molecule has 1 aromatic heterocycles. The summed E-state index contributed by atoms with van der Waals surface area (Å²) in [6.07, 6.45) is 9.89. The molecule has 1 fully saturated rings. The first-order valence-corrected chi connectivity index (χ1v) is 6.79. The molecule has 3 nitrogen and oxygen atoms in total. The zero-order valence-corrected chi connectivity index (χ0v) is 10.6. The zero-order valence-electron chi connectivity index (χ0n) is 10.6. The van der Waals surface area contributed by atoms with Gasteiger partial charge in [0, 0.05) is 25.0 Å². The smallest absolute Gasteiger partial charge is 0.0778 e. The van der Waals surface area contributed by atoms with Gasteiger partial charge in [-0.25, -0.2) is 0 Å². The predicted octanol–water partition coefficient (Wildman–Crippen LogP) is 2.56. The standard InChI is InChI=1S/C14H22N2O/c1-17-14-7-3-6-13(14)16-9-8-10-11(15)4-2-5-12(10)16/h8-9,11,13-14H,2-7,15H2,1H3. The van der Waals surface area contributed by atoms with Gasteiger partial charge in [0.15, 0.2) is 0 Å². The Morgan fingerprint density at radius 3 is 3.00 bits per heavy atom. The van der Waals surface area contributed by atoms with Crippen LogP contribution in [0.1, 0.15) is 55.4 Å². The van der Waals surface area contributed by atoms with Gasteiger partial charge in [-0.3, -0.25) is 0 Å². The lowest BCUT2D eigenvalue weighted by Crippen LogP contribution is -2.24. The van der Waals surface area contributed by atoms with Gasteiger partial charge in [0.1, 0.15) is 0 Å². The highest BCUT2D eigenvalue weighted by molar-refractivity contribution is 5.29. The van der Waals surface area contributed by atoms with Crippen LogP contribution in [0.3, 0.4) is 0 Å². The van der Waals surface area contributed by atoms with Gasteiger partial charge in [0.25, 0.3) is 0 Å². The van der Waals surface area contributed by atoms with E-state index in [1.165, 1.54) is 43.4 Å². The van der Waals surface area contributed by atoms with Crippen molar-refractivity contribution in [3.8, 4) is 0 Å². The maximum Gasteiger partial charge on any atom is 0.0778 e. The van der Waals surface area contributed by atoms with Gasteiger partial charge in [-0.2, -0.15) is 0 Å². The highest BCUT2D eigenvalue weighted by atomic mass is 16.5. The van der Waals surface area contributed by atoms with Crippen LogP contribution >= 0.6 is 0 Å². The highest BCUT2D eigenvalue weighted by Crippen LogP contribution is 2.37. The van der Waals surface area contributed by atoms with Crippen LogP contribution in [0, 0.1) is 0 Å². The van der Waals surface area contributed by atoms with Crippen LogP contribution < -0.4 is 5.73 Å². The molecule has 0 aliphatic heterocycles. The van der Waals surface area contributed by atoms with E-state index in [2.05, 4.69) is 16.8 Å². The Kier molecular flexibility index (Phi) is 2.97. The fourth-order valence-corrected chi connectivity index (χ4v) is 3.56. The molecule has 0 saturated heterocycles. The van der Waals surface area contributed by atoms with Crippen LogP contribution in [0.15, 0.2) is 12.3 Å². The van der Waals surface area contributed by atoms with Gasteiger partial charge >= 0.3 is 0 Å². The summed E-state index contributed by atoms with van der Waals surface area (Å²) in [5.74, 6) is 0. The molecule has 17 heavy (non-hydrogen) atoms. The molecule has 3 unspecified atom stereocenters. The van der Waals surface area contributed by atoms with Crippen molar-refractivity contribution >= 4 is 0 Å². The van der Waals surface area contributed by atoms with E-state index >= 15 is 0 Å². The van der Waals surface area contributed by atoms with Gasteiger partial charge in [0.2, 0.25) is 0 Å². The second kappa shape index (κ2) is 4.46. The number of ether oxygens (including phenoxy) is 1. The molecule has 3 heteroatoms. The van der Waals surface area contributed by atoms with E-state index in [4.69, 9.17) is 10.5 Å². The third-order valence-corrected chi connectivity index (χ3v) is 4.47. The van der Waals surface area contributed by atoms with E-state index < -0.39 is 0 Å². The van der Waals surface area contributed by atoms with E-state index in [0.29, 0.717) is 12.1 Å². The number of rotatable bonds is 2. The summed E-state index contributed by atoms with van der Waals surface area (Å²) >= 11 is 0. The molecule has 0 radical (unpaired) electrons. The maximum atomic E-state index is 6.18. The monoisotopic (exact) mass is 234 g/mol. The van der Waals surface area contributed by atoms with Gasteiger partial charge in [-0.1, -0.05) is 0 Å². The summed E-state index contributed by atoms with van der Waals surface area (Å²) in [4.78, 5) is 0. The highest BCUT2D eigenvalue weighted by Gasteiger charge is 2.31. The zero-order chi connectivity index (χ0) is 11.8. The van der Waals surface area contributed by atoms with Crippen molar-refractivity contribution in [3.05, 3.63) is 23.5 Å². The van der Waals surface area contributed by atoms with Crippen molar-refractivity contribution in [3.63, 3.8) is 0 Å². The molecule has 0 aromatic carbocycles. The third kappa shape index (κ3) is 1.81. The summed E-state index contributed by atoms with van der Waals surface area (Å²) in [5.41, 5.74) is 9.02. The van der Waals surface area contributed by atoms with Crippen LogP contribution in [0.2, 0.25) is 0 Å². The van der Waals surface area contributed by atoms with E-state index in [1.807, 2.05) is 7.11 Å². The largest absolute Gasteiger partial charge is 0.379 e. The second-order valence-corrected chi connectivity index (χ2v) is 5.40. The average molecular weight is 234 g/mol. The second-order valence-electron chi connectivity index (χ2n) is 5.40.